The molecule has 1 aromatic heterocycles. The van der Waals surface area contributed by atoms with E-state index < -0.39 is 0 Å². The maximum absolute atomic E-state index is 13.4. The molecule has 42 heavy (non-hydrogen) atoms. The number of pyridine rings is 1. The molecular weight excluding hydrogens is 530 g/mol. The number of aryl methyl sites for hydroxylation is 1. The second-order valence-corrected chi connectivity index (χ2v) is 11.1. The molecule has 2 aliphatic heterocycles. The number of likely N-dealkylation sites (tertiary alicyclic amines) is 1. The van der Waals surface area contributed by atoms with Gasteiger partial charge in [0.1, 0.15) is 11.6 Å². The Bertz CT molecular complexity index is 1350. The van der Waals surface area contributed by atoms with E-state index in [1.165, 1.54) is 5.56 Å². The number of rotatable bonds is 9. The van der Waals surface area contributed by atoms with Crippen molar-refractivity contribution in [1.82, 2.24) is 14.8 Å². The number of anilines is 2. The SMILES string of the molecule is COCCN1CCN(c2ccc(C(=O)Nc3cc(C(=O)N4CCC(c5ccc(OC)cc5)CC4)ccc3C)cn2)CC1. The number of carbonyl (C=O) groups is 2. The average Bonchev–Trinajstić information content (AvgIpc) is 3.05. The molecule has 2 saturated heterocycles. The number of hydrogen-bond donors (Lipinski definition) is 1. The van der Waals surface area contributed by atoms with Crippen LogP contribution in [0.15, 0.2) is 60.8 Å². The fourth-order valence-corrected chi connectivity index (χ4v) is 5.69. The van der Waals surface area contributed by atoms with Gasteiger partial charge in [-0.05, 0) is 73.2 Å². The van der Waals surface area contributed by atoms with Crippen LogP contribution in [-0.2, 0) is 4.74 Å². The number of carbonyl (C=O) groups excluding carboxylic acids is 2. The van der Waals surface area contributed by atoms with Crippen molar-refractivity contribution in [3.8, 4) is 5.75 Å². The summed E-state index contributed by atoms with van der Waals surface area (Å²) in [5.74, 6) is 1.90. The number of piperazine rings is 1. The van der Waals surface area contributed by atoms with Gasteiger partial charge in [-0.15, -0.1) is 0 Å². The van der Waals surface area contributed by atoms with Crippen molar-refractivity contribution < 1.29 is 19.1 Å². The van der Waals surface area contributed by atoms with E-state index in [1.807, 2.05) is 48.2 Å². The molecule has 2 aliphatic rings. The number of methoxy groups -OCH3 is 2. The Morgan fingerprint density at radius 1 is 0.905 bits per heavy atom. The minimum Gasteiger partial charge on any atom is -0.497 e. The highest BCUT2D eigenvalue weighted by molar-refractivity contribution is 6.05. The molecule has 0 atom stereocenters. The molecule has 0 aliphatic carbocycles. The largest absolute Gasteiger partial charge is 0.497 e. The van der Waals surface area contributed by atoms with Gasteiger partial charge in [0.15, 0.2) is 0 Å². The first kappa shape index (κ1) is 29.5. The summed E-state index contributed by atoms with van der Waals surface area (Å²) in [6.45, 7) is 8.71. The maximum atomic E-state index is 13.4. The summed E-state index contributed by atoms with van der Waals surface area (Å²) in [4.78, 5) is 37.6. The first-order chi connectivity index (χ1) is 20.4. The summed E-state index contributed by atoms with van der Waals surface area (Å²) in [7, 11) is 3.40. The van der Waals surface area contributed by atoms with E-state index in [0.29, 0.717) is 35.8 Å². The first-order valence-corrected chi connectivity index (χ1v) is 14.7. The van der Waals surface area contributed by atoms with Gasteiger partial charge in [0.2, 0.25) is 0 Å². The Morgan fingerprint density at radius 3 is 2.26 bits per heavy atom. The lowest BCUT2D eigenvalue weighted by molar-refractivity contribution is 0.0712. The quantitative estimate of drug-likeness (QED) is 0.406. The van der Waals surface area contributed by atoms with E-state index in [1.54, 1.807) is 26.5 Å². The van der Waals surface area contributed by atoms with Crippen molar-refractivity contribution in [1.29, 1.82) is 0 Å². The smallest absolute Gasteiger partial charge is 0.257 e. The van der Waals surface area contributed by atoms with Crippen molar-refractivity contribution in [3.63, 3.8) is 0 Å². The maximum Gasteiger partial charge on any atom is 0.257 e. The van der Waals surface area contributed by atoms with Gasteiger partial charge >= 0.3 is 0 Å². The van der Waals surface area contributed by atoms with Crippen molar-refractivity contribution >= 4 is 23.3 Å². The van der Waals surface area contributed by atoms with Gasteiger partial charge in [-0.25, -0.2) is 4.98 Å². The highest BCUT2D eigenvalue weighted by Gasteiger charge is 2.25. The average molecular weight is 572 g/mol. The standard InChI is InChI=1S/C33H41N5O4/c1-24-4-5-27(33(40)38-14-12-26(13-15-38)25-6-9-29(42-3)10-7-25)22-30(24)35-32(39)28-8-11-31(34-23-28)37-18-16-36(17-19-37)20-21-41-2/h4-11,22-23,26H,12-21H2,1-3H3,(H,35,39). The van der Waals surface area contributed by atoms with Crippen LogP contribution in [0.4, 0.5) is 11.5 Å². The lowest BCUT2D eigenvalue weighted by atomic mass is 9.89. The Kier molecular flexibility index (Phi) is 9.71. The predicted octanol–water partition coefficient (Wildman–Crippen LogP) is 4.44. The van der Waals surface area contributed by atoms with Gasteiger partial charge in [-0.3, -0.25) is 14.5 Å². The van der Waals surface area contributed by atoms with Crippen molar-refractivity contribution in [2.75, 3.05) is 76.9 Å². The first-order valence-electron chi connectivity index (χ1n) is 14.7. The highest BCUT2D eigenvalue weighted by atomic mass is 16.5. The second kappa shape index (κ2) is 13.8. The van der Waals surface area contributed by atoms with E-state index in [-0.39, 0.29) is 11.8 Å². The van der Waals surface area contributed by atoms with E-state index in [2.05, 4.69) is 32.2 Å². The summed E-state index contributed by atoms with van der Waals surface area (Å²) in [5.41, 5.74) is 3.88. The number of benzene rings is 2. The molecule has 2 amide bonds. The third-order valence-corrected chi connectivity index (χ3v) is 8.42. The van der Waals surface area contributed by atoms with Gasteiger partial charge in [0.25, 0.3) is 11.8 Å². The molecule has 0 saturated carbocycles. The number of nitrogens with one attached hydrogen (secondary N) is 1. The Balaban J connectivity index is 1.16. The number of piperidine rings is 1. The highest BCUT2D eigenvalue weighted by Crippen LogP contribution is 2.30. The Hall–Kier alpha value is -3.95. The van der Waals surface area contributed by atoms with Crippen LogP contribution in [-0.4, -0.2) is 93.2 Å². The van der Waals surface area contributed by atoms with E-state index in [0.717, 1.165) is 69.3 Å². The fourth-order valence-electron chi connectivity index (χ4n) is 5.69. The molecule has 5 rings (SSSR count). The molecular formula is C33H41N5O4. The van der Waals surface area contributed by atoms with Crippen LogP contribution in [0.1, 0.15) is 50.6 Å². The lowest BCUT2D eigenvalue weighted by Gasteiger charge is -2.35. The van der Waals surface area contributed by atoms with Crippen LogP contribution in [0.25, 0.3) is 0 Å². The number of nitrogens with zero attached hydrogens (tertiary/aromatic N) is 4. The van der Waals surface area contributed by atoms with Gasteiger partial charge in [-0.2, -0.15) is 0 Å². The van der Waals surface area contributed by atoms with Crippen LogP contribution in [0.5, 0.6) is 5.75 Å². The predicted molar refractivity (Wildman–Crippen MR) is 165 cm³/mol. The Labute approximate surface area is 248 Å². The summed E-state index contributed by atoms with van der Waals surface area (Å²) in [6, 6.07) is 17.5. The minimum atomic E-state index is -0.244. The fraction of sp³-hybridized carbons (Fsp3) is 0.424. The second-order valence-electron chi connectivity index (χ2n) is 11.1. The van der Waals surface area contributed by atoms with Crippen LogP contribution < -0.4 is 15.0 Å². The third-order valence-electron chi connectivity index (χ3n) is 8.42. The minimum absolute atomic E-state index is 0.00739. The zero-order valence-electron chi connectivity index (χ0n) is 24.8. The van der Waals surface area contributed by atoms with Gasteiger partial charge in [-0.1, -0.05) is 18.2 Å². The molecule has 2 fully saturated rings. The molecule has 0 unspecified atom stereocenters. The summed E-state index contributed by atoms with van der Waals surface area (Å²) >= 11 is 0. The van der Waals surface area contributed by atoms with Crippen LogP contribution >= 0.6 is 0 Å². The topological polar surface area (TPSA) is 87.2 Å². The molecule has 0 spiro atoms. The lowest BCUT2D eigenvalue weighted by Crippen LogP contribution is -2.47. The van der Waals surface area contributed by atoms with Gasteiger partial charge in [0, 0.05) is 70.4 Å². The number of aromatic nitrogens is 1. The normalized spacial score (nSPS) is 16.4. The zero-order valence-corrected chi connectivity index (χ0v) is 24.8. The molecule has 3 heterocycles. The van der Waals surface area contributed by atoms with Crippen molar-refractivity contribution in [2.45, 2.75) is 25.7 Å². The monoisotopic (exact) mass is 571 g/mol. The van der Waals surface area contributed by atoms with Gasteiger partial charge < -0.3 is 24.6 Å². The van der Waals surface area contributed by atoms with Crippen LogP contribution in [0.3, 0.4) is 0 Å². The van der Waals surface area contributed by atoms with Gasteiger partial charge in [0.05, 0.1) is 19.3 Å². The van der Waals surface area contributed by atoms with E-state index in [9.17, 15) is 9.59 Å². The number of ether oxygens (including phenoxy) is 2. The summed E-state index contributed by atoms with van der Waals surface area (Å²) < 4.78 is 10.5. The Morgan fingerprint density at radius 2 is 1.62 bits per heavy atom. The molecule has 2 aromatic carbocycles. The molecule has 1 N–H and O–H groups in total. The van der Waals surface area contributed by atoms with Crippen molar-refractivity contribution in [3.05, 3.63) is 83.0 Å². The summed E-state index contributed by atoms with van der Waals surface area (Å²) in [5, 5.41) is 2.99. The summed E-state index contributed by atoms with van der Waals surface area (Å²) in [6.07, 6.45) is 3.46. The third kappa shape index (κ3) is 7.09. The van der Waals surface area contributed by atoms with E-state index >= 15 is 0 Å². The van der Waals surface area contributed by atoms with Crippen molar-refractivity contribution in [2.24, 2.45) is 0 Å². The molecule has 3 aromatic rings. The molecule has 0 bridgehead atoms. The molecule has 9 nitrogen and oxygen atoms in total. The van der Waals surface area contributed by atoms with Crippen LogP contribution in [0.2, 0.25) is 0 Å². The molecule has 9 heteroatoms. The number of hydrogen-bond acceptors (Lipinski definition) is 7. The number of amides is 2. The molecule has 0 radical (unpaired) electrons. The zero-order chi connectivity index (χ0) is 29.5. The molecule has 222 valence electrons. The van der Waals surface area contributed by atoms with Crippen LogP contribution in [0, 0.1) is 6.92 Å². The van der Waals surface area contributed by atoms with E-state index in [4.69, 9.17) is 9.47 Å².